The molecular weight excluding hydrogens is 484 g/mol. The fourth-order valence-corrected chi connectivity index (χ4v) is 4.96. The van der Waals surface area contributed by atoms with Crippen LogP contribution in [0.2, 0.25) is 0 Å². The minimum absolute atomic E-state index is 0.104. The number of hydrogen-bond donors (Lipinski definition) is 2. The van der Waals surface area contributed by atoms with Gasteiger partial charge in [0.05, 0.1) is 20.0 Å². The number of methoxy groups -OCH3 is 2. The van der Waals surface area contributed by atoms with Gasteiger partial charge >= 0.3 is 0 Å². The number of ether oxygens (including phenoxy) is 2. The van der Waals surface area contributed by atoms with E-state index in [4.69, 9.17) is 9.47 Å². The first-order valence-electron chi connectivity index (χ1n) is 10.8. The van der Waals surface area contributed by atoms with Crippen LogP contribution in [0.4, 0.5) is 5.13 Å². The van der Waals surface area contributed by atoms with Crippen LogP contribution < -0.4 is 20.1 Å². The van der Waals surface area contributed by atoms with Crippen molar-refractivity contribution in [2.24, 2.45) is 0 Å². The zero-order chi connectivity index (χ0) is 24.6. The summed E-state index contributed by atoms with van der Waals surface area (Å²) in [5.41, 5.74) is 1.58. The molecule has 3 aromatic carbocycles. The highest BCUT2D eigenvalue weighted by atomic mass is 32.2. The summed E-state index contributed by atoms with van der Waals surface area (Å²) in [6.45, 7) is 0.498. The van der Waals surface area contributed by atoms with Gasteiger partial charge in [-0.05, 0) is 47.0 Å². The zero-order valence-electron chi connectivity index (χ0n) is 19.2. The SMILES string of the molecule is COc1ccc(CCNC(=O)CSc2nnc(NC(=O)c3ccc4ccccc4c3)s2)cc1OC. The van der Waals surface area contributed by atoms with Gasteiger partial charge in [0.25, 0.3) is 5.91 Å². The molecule has 0 saturated heterocycles. The zero-order valence-corrected chi connectivity index (χ0v) is 20.9. The van der Waals surface area contributed by atoms with Gasteiger partial charge in [0.1, 0.15) is 0 Å². The average molecular weight is 509 g/mol. The van der Waals surface area contributed by atoms with Crippen LogP contribution in [0.15, 0.2) is 65.0 Å². The van der Waals surface area contributed by atoms with E-state index in [1.54, 1.807) is 20.3 Å². The summed E-state index contributed by atoms with van der Waals surface area (Å²) in [6.07, 6.45) is 0.667. The highest BCUT2D eigenvalue weighted by Crippen LogP contribution is 2.28. The monoisotopic (exact) mass is 508 g/mol. The number of amides is 2. The molecule has 10 heteroatoms. The molecule has 0 unspecified atom stereocenters. The summed E-state index contributed by atoms with van der Waals surface area (Å²) in [7, 11) is 3.18. The molecule has 0 spiro atoms. The van der Waals surface area contributed by atoms with Crippen molar-refractivity contribution < 1.29 is 19.1 Å². The van der Waals surface area contributed by atoms with Gasteiger partial charge in [-0.25, -0.2) is 0 Å². The first-order chi connectivity index (χ1) is 17.1. The second-order valence-corrected chi connectivity index (χ2v) is 9.67. The lowest BCUT2D eigenvalue weighted by atomic mass is 10.1. The normalized spacial score (nSPS) is 10.7. The van der Waals surface area contributed by atoms with Crippen LogP contribution in [0.1, 0.15) is 15.9 Å². The number of carbonyl (C=O) groups excluding carboxylic acids is 2. The average Bonchev–Trinajstić information content (AvgIpc) is 3.34. The third kappa shape index (κ3) is 6.49. The minimum Gasteiger partial charge on any atom is -0.493 e. The number of thioether (sulfide) groups is 1. The van der Waals surface area contributed by atoms with Crippen LogP contribution in [0, 0.1) is 0 Å². The molecule has 0 saturated carbocycles. The first kappa shape index (κ1) is 24.5. The molecule has 0 atom stereocenters. The first-order valence-corrected chi connectivity index (χ1v) is 12.6. The quantitative estimate of drug-likeness (QED) is 0.242. The Hall–Kier alpha value is -3.63. The predicted octanol–water partition coefficient (Wildman–Crippen LogP) is 4.41. The molecule has 2 amide bonds. The van der Waals surface area contributed by atoms with Gasteiger partial charge in [0, 0.05) is 12.1 Å². The summed E-state index contributed by atoms with van der Waals surface area (Å²) < 4.78 is 11.1. The molecule has 180 valence electrons. The number of hydrogen-bond acceptors (Lipinski definition) is 8. The van der Waals surface area contributed by atoms with E-state index < -0.39 is 0 Å². The Labute approximate surface area is 211 Å². The molecule has 0 aliphatic heterocycles. The highest BCUT2D eigenvalue weighted by molar-refractivity contribution is 8.01. The number of carbonyl (C=O) groups is 2. The number of anilines is 1. The third-order valence-corrected chi connectivity index (χ3v) is 7.12. The van der Waals surface area contributed by atoms with Crippen LogP contribution in [-0.2, 0) is 11.2 Å². The van der Waals surface area contributed by atoms with Crippen LogP contribution in [-0.4, -0.2) is 48.5 Å². The van der Waals surface area contributed by atoms with Gasteiger partial charge in [0.2, 0.25) is 11.0 Å². The van der Waals surface area contributed by atoms with Crippen molar-refractivity contribution in [2.75, 3.05) is 31.8 Å². The van der Waals surface area contributed by atoms with Gasteiger partial charge in [-0.2, -0.15) is 0 Å². The van der Waals surface area contributed by atoms with Crippen molar-refractivity contribution in [3.8, 4) is 11.5 Å². The van der Waals surface area contributed by atoms with E-state index in [-0.39, 0.29) is 17.6 Å². The van der Waals surface area contributed by atoms with Crippen LogP contribution in [0.3, 0.4) is 0 Å². The lowest BCUT2D eigenvalue weighted by Gasteiger charge is -2.10. The highest BCUT2D eigenvalue weighted by Gasteiger charge is 2.12. The summed E-state index contributed by atoms with van der Waals surface area (Å²) in [5, 5.41) is 16.2. The number of rotatable bonds is 10. The van der Waals surface area contributed by atoms with Crippen molar-refractivity contribution in [1.29, 1.82) is 0 Å². The van der Waals surface area contributed by atoms with E-state index in [0.717, 1.165) is 16.3 Å². The number of fused-ring (bicyclic) bond motifs is 1. The minimum atomic E-state index is -0.253. The summed E-state index contributed by atoms with van der Waals surface area (Å²) in [5.74, 6) is 1.18. The van der Waals surface area contributed by atoms with Gasteiger partial charge < -0.3 is 14.8 Å². The molecule has 4 rings (SSSR count). The van der Waals surface area contributed by atoms with Crippen molar-refractivity contribution in [3.05, 3.63) is 71.8 Å². The van der Waals surface area contributed by atoms with Crippen molar-refractivity contribution >= 4 is 50.8 Å². The molecule has 0 fully saturated rings. The van der Waals surface area contributed by atoms with E-state index in [1.807, 2.05) is 54.6 Å². The Morgan fingerprint density at radius 3 is 2.54 bits per heavy atom. The van der Waals surface area contributed by atoms with E-state index in [0.29, 0.717) is 39.5 Å². The van der Waals surface area contributed by atoms with E-state index in [2.05, 4.69) is 20.8 Å². The van der Waals surface area contributed by atoms with Crippen molar-refractivity contribution in [3.63, 3.8) is 0 Å². The predicted molar refractivity (Wildman–Crippen MR) is 139 cm³/mol. The molecule has 1 heterocycles. The Bertz CT molecular complexity index is 1340. The fourth-order valence-electron chi connectivity index (χ4n) is 3.38. The molecule has 0 aliphatic carbocycles. The number of aromatic nitrogens is 2. The lowest BCUT2D eigenvalue weighted by Crippen LogP contribution is -2.27. The Kier molecular flexibility index (Phi) is 8.17. The number of nitrogens with one attached hydrogen (secondary N) is 2. The topological polar surface area (TPSA) is 102 Å². The smallest absolute Gasteiger partial charge is 0.257 e. The molecule has 8 nitrogen and oxygen atoms in total. The van der Waals surface area contributed by atoms with Gasteiger partial charge in [-0.15, -0.1) is 10.2 Å². The molecule has 35 heavy (non-hydrogen) atoms. The maximum absolute atomic E-state index is 12.6. The lowest BCUT2D eigenvalue weighted by molar-refractivity contribution is -0.118. The maximum atomic E-state index is 12.6. The Morgan fingerprint density at radius 1 is 0.943 bits per heavy atom. The Morgan fingerprint density at radius 2 is 1.74 bits per heavy atom. The van der Waals surface area contributed by atoms with Gasteiger partial charge in [-0.3, -0.25) is 14.9 Å². The fraction of sp³-hybridized carbons (Fsp3) is 0.200. The molecule has 0 aliphatic rings. The van der Waals surface area contributed by atoms with Gasteiger partial charge in [0.15, 0.2) is 15.8 Å². The largest absolute Gasteiger partial charge is 0.493 e. The summed E-state index contributed by atoms with van der Waals surface area (Å²) in [6, 6.07) is 19.1. The molecule has 0 bridgehead atoms. The third-order valence-electron chi connectivity index (χ3n) is 5.15. The van der Waals surface area contributed by atoms with Crippen molar-refractivity contribution in [1.82, 2.24) is 15.5 Å². The maximum Gasteiger partial charge on any atom is 0.257 e. The molecule has 1 aromatic heterocycles. The van der Waals surface area contributed by atoms with Crippen molar-refractivity contribution in [2.45, 2.75) is 10.8 Å². The molecule has 0 radical (unpaired) electrons. The van der Waals surface area contributed by atoms with Crippen LogP contribution in [0.25, 0.3) is 10.8 Å². The summed E-state index contributed by atoms with van der Waals surface area (Å²) in [4.78, 5) is 24.8. The number of nitrogens with zero attached hydrogens (tertiary/aromatic N) is 2. The molecule has 4 aromatic rings. The molecule has 2 N–H and O–H groups in total. The standard InChI is InChI=1S/C25H24N4O4S2/c1-32-20-10-7-16(13-21(20)33-2)11-12-26-22(30)15-34-25-29-28-24(35-25)27-23(31)19-9-8-17-5-3-4-6-18(17)14-19/h3-10,13-14H,11-12,15H2,1-2H3,(H,26,30)(H,27,28,31). The van der Waals surface area contributed by atoms with Crippen LogP contribution >= 0.6 is 23.1 Å². The van der Waals surface area contributed by atoms with Gasteiger partial charge in [-0.1, -0.05) is 59.5 Å². The second-order valence-electron chi connectivity index (χ2n) is 7.47. The van der Waals surface area contributed by atoms with E-state index in [1.165, 1.54) is 23.1 Å². The second kappa shape index (κ2) is 11.7. The molecular formula is C25H24N4O4S2. The number of benzene rings is 3. The van der Waals surface area contributed by atoms with E-state index >= 15 is 0 Å². The van der Waals surface area contributed by atoms with Crippen LogP contribution in [0.5, 0.6) is 11.5 Å². The Balaban J connectivity index is 1.23. The summed E-state index contributed by atoms with van der Waals surface area (Å²) >= 11 is 2.51. The van der Waals surface area contributed by atoms with E-state index in [9.17, 15) is 9.59 Å².